The highest BCUT2D eigenvalue weighted by Gasteiger charge is 2.30. The molecule has 0 fully saturated rings. The summed E-state index contributed by atoms with van der Waals surface area (Å²) in [5, 5.41) is 11.0. The van der Waals surface area contributed by atoms with Crippen LogP contribution in [0.5, 0.6) is 5.75 Å². The second kappa shape index (κ2) is 9.83. The van der Waals surface area contributed by atoms with Crippen LogP contribution in [0.25, 0.3) is 11.0 Å². The van der Waals surface area contributed by atoms with Crippen LogP contribution in [0.1, 0.15) is 40.5 Å². The lowest BCUT2D eigenvalue weighted by molar-refractivity contribution is -0.140. The summed E-state index contributed by atoms with van der Waals surface area (Å²) in [5.41, 5.74) is 1.94. The zero-order valence-electron chi connectivity index (χ0n) is 19.7. The van der Waals surface area contributed by atoms with Gasteiger partial charge in [0.05, 0.1) is 37.6 Å². The van der Waals surface area contributed by atoms with Gasteiger partial charge in [-0.1, -0.05) is 36.4 Å². The van der Waals surface area contributed by atoms with Gasteiger partial charge in [0.25, 0.3) is 0 Å². The van der Waals surface area contributed by atoms with Crippen molar-refractivity contribution in [2.24, 2.45) is 0 Å². The van der Waals surface area contributed by atoms with E-state index in [4.69, 9.17) is 13.6 Å². The average molecular weight is 488 g/mol. The minimum Gasteiger partial charge on any atom is -0.502 e. The Kier molecular flexibility index (Phi) is 6.43. The molecule has 4 aromatic rings. The third-order valence-electron chi connectivity index (χ3n) is 6.59. The summed E-state index contributed by atoms with van der Waals surface area (Å²) >= 11 is 0. The molecule has 184 valence electrons. The molecule has 5 rings (SSSR count). The van der Waals surface area contributed by atoms with Crippen LogP contribution in [0.4, 0.5) is 0 Å². The second-order valence-electron chi connectivity index (χ2n) is 8.87. The number of esters is 1. The highest BCUT2D eigenvalue weighted by atomic mass is 16.5. The topological polar surface area (TPSA) is 110 Å². The number of carbonyl (C=O) groups is 1. The monoisotopic (exact) mass is 487 g/mol. The van der Waals surface area contributed by atoms with Gasteiger partial charge in [-0.05, 0) is 29.7 Å². The number of methoxy groups -OCH3 is 1. The van der Waals surface area contributed by atoms with Gasteiger partial charge >= 0.3 is 5.97 Å². The van der Waals surface area contributed by atoms with Crippen molar-refractivity contribution < 1.29 is 23.5 Å². The predicted molar refractivity (Wildman–Crippen MR) is 132 cm³/mol. The first-order valence-electron chi connectivity index (χ1n) is 11.7. The van der Waals surface area contributed by atoms with E-state index in [1.807, 2.05) is 12.1 Å². The molecule has 0 amide bonds. The number of carbonyl (C=O) groups excluding carboxylic acids is 1. The van der Waals surface area contributed by atoms with Crippen molar-refractivity contribution in [3.05, 3.63) is 110 Å². The molecule has 1 aliphatic rings. The van der Waals surface area contributed by atoms with Gasteiger partial charge < -0.3 is 18.7 Å². The third-order valence-corrected chi connectivity index (χ3v) is 6.59. The molecule has 0 saturated heterocycles. The van der Waals surface area contributed by atoms with Gasteiger partial charge in [-0.15, -0.1) is 0 Å². The molecule has 0 radical (unpaired) electrons. The van der Waals surface area contributed by atoms with E-state index in [1.165, 1.54) is 30.6 Å². The summed E-state index contributed by atoms with van der Waals surface area (Å²) in [6.45, 7) is 1.79. The maximum Gasteiger partial charge on any atom is 0.306 e. The molecular weight excluding hydrogens is 462 g/mol. The molecule has 2 aromatic carbocycles. The average Bonchev–Trinajstić information content (AvgIpc) is 2.90. The number of fused-ring (bicyclic) bond motifs is 2. The largest absolute Gasteiger partial charge is 0.502 e. The summed E-state index contributed by atoms with van der Waals surface area (Å²) in [7, 11) is 1.23. The summed E-state index contributed by atoms with van der Waals surface area (Å²) in [5.74, 6) is -2.19. The van der Waals surface area contributed by atoms with Gasteiger partial charge in [0.15, 0.2) is 11.2 Å². The van der Waals surface area contributed by atoms with E-state index in [2.05, 4.69) is 17.0 Å². The maximum absolute atomic E-state index is 13.3. The van der Waals surface area contributed by atoms with Crippen molar-refractivity contribution in [2.75, 3.05) is 13.7 Å². The molecular formula is C28H25NO7. The van der Waals surface area contributed by atoms with E-state index in [9.17, 15) is 19.5 Å². The lowest BCUT2D eigenvalue weighted by Crippen LogP contribution is -2.30. The summed E-state index contributed by atoms with van der Waals surface area (Å²) in [4.78, 5) is 40.5. The van der Waals surface area contributed by atoms with Crippen LogP contribution in [0.3, 0.4) is 0 Å². The lowest BCUT2D eigenvalue weighted by Gasteiger charge is -2.28. The molecule has 3 heterocycles. The van der Waals surface area contributed by atoms with Crippen LogP contribution in [0.2, 0.25) is 0 Å². The minimum atomic E-state index is -1.08. The molecule has 0 spiro atoms. The normalized spacial score (nSPS) is 14.4. The van der Waals surface area contributed by atoms with E-state index in [0.717, 1.165) is 13.0 Å². The number of aromatic hydroxyl groups is 1. The number of ether oxygens (including phenoxy) is 1. The van der Waals surface area contributed by atoms with Crippen molar-refractivity contribution in [2.45, 2.75) is 31.8 Å². The Labute approximate surface area is 206 Å². The van der Waals surface area contributed by atoms with E-state index in [0.29, 0.717) is 29.8 Å². The zero-order chi connectivity index (χ0) is 25.2. The number of rotatable bonds is 6. The Balaban J connectivity index is 1.55. The Morgan fingerprint density at radius 3 is 2.67 bits per heavy atom. The summed E-state index contributed by atoms with van der Waals surface area (Å²) < 4.78 is 16.5. The highest BCUT2D eigenvalue weighted by molar-refractivity contribution is 5.77. The standard InChI is InChI=1S/C28H25NO7/c1-34-25(31)13-21(22-16-35-24-9-5-4-8-20(24)26(22)32)28-27(33)23(30)12-19(36-28)15-29-11-10-17-6-2-3-7-18(17)14-29/h2-9,12,16,21,33H,10-11,13-15H2,1H3/t21-/m0/s1. The fourth-order valence-corrected chi connectivity index (χ4v) is 4.71. The molecule has 8 heteroatoms. The first-order valence-corrected chi connectivity index (χ1v) is 11.7. The minimum absolute atomic E-state index is 0.0848. The molecule has 36 heavy (non-hydrogen) atoms. The van der Waals surface area contributed by atoms with Gasteiger partial charge in [0, 0.05) is 24.7 Å². The van der Waals surface area contributed by atoms with Crippen LogP contribution in [-0.4, -0.2) is 29.6 Å². The van der Waals surface area contributed by atoms with E-state index >= 15 is 0 Å². The molecule has 0 saturated carbocycles. The Hall–Kier alpha value is -4.17. The lowest BCUT2D eigenvalue weighted by atomic mass is 9.92. The van der Waals surface area contributed by atoms with Gasteiger partial charge in [-0.25, -0.2) is 0 Å². The van der Waals surface area contributed by atoms with Crippen molar-refractivity contribution >= 4 is 16.9 Å². The number of hydrogen-bond donors (Lipinski definition) is 1. The van der Waals surface area contributed by atoms with Gasteiger partial charge in [-0.3, -0.25) is 19.3 Å². The number of hydrogen-bond acceptors (Lipinski definition) is 8. The fraction of sp³-hybridized carbons (Fsp3) is 0.250. The van der Waals surface area contributed by atoms with Crippen molar-refractivity contribution in [1.29, 1.82) is 0 Å². The third kappa shape index (κ3) is 4.55. The first-order chi connectivity index (χ1) is 17.4. The Morgan fingerprint density at radius 2 is 1.86 bits per heavy atom. The molecule has 0 bridgehead atoms. The van der Waals surface area contributed by atoms with Crippen LogP contribution in [0.15, 0.2) is 79.3 Å². The molecule has 8 nitrogen and oxygen atoms in total. The SMILES string of the molecule is COC(=O)C[C@H](c1oc(CN2CCc3ccccc3C2)cc(=O)c1O)c1coc2ccccc2c1=O. The van der Waals surface area contributed by atoms with Crippen LogP contribution in [0, 0.1) is 0 Å². The molecule has 0 unspecified atom stereocenters. The number of nitrogens with zero attached hydrogens (tertiary/aromatic N) is 1. The van der Waals surface area contributed by atoms with E-state index in [1.54, 1.807) is 24.3 Å². The maximum atomic E-state index is 13.3. The molecule has 2 aromatic heterocycles. The van der Waals surface area contributed by atoms with Gasteiger partial charge in [-0.2, -0.15) is 0 Å². The summed E-state index contributed by atoms with van der Waals surface area (Å²) in [6.07, 6.45) is 1.79. The quantitative estimate of drug-likeness (QED) is 0.410. The van der Waals surface area contributed by atoms with Crippen molar-refractivity contribution in [3.8, 4) is 5.75 Å². The number of benzene rings is 2. The highest BCUT2D eigenvalue weighted by Crippen LogP contribution is 2.33. The smallest absolute Gasteiger partial charge is 0.306 e. The molecule has 1 aliphatic heterocycles. The van der Waals surface area contributed by atoms with Crippen molar-refractivity contribution in [1.82, 2.24) is 4.90 Å². The second-order valence-corrected chi connectivity index (χ2v) is 8.87. The molecule has 1 atom stereocenters. The van der Waals surface area contributed by atoms with Crippen LogP contribution in [-0.2, 0) is 29.0 Å². The zero-order valence-corrected chi connectivity index (χ0v) is 19.7. The van der Waals surface area contributed by atoms with E-state index < -0.39 is 23.1 Å². The van der Waals surface area contributed by atoms with Gasteiger partial charge in [0.2, 0.25) is 11.2 Å². The first kappa shape index (κ1) is 23.6. The Bertz CT molecular complexity index is 1550. The Morgan fingerprint density at radius 1 is 1.11 bits per heavy atom. The van der Waals surface area contributed by atoms with Crippen molar-refractivity contribution in [3.63, 3.8) is 0 Å². The van der Waals surface area contributed by atoms with Crippen LogP contribution >= 0.6 is 0 Å². The van der Waals surface area contributed by atoms with Gasteiger partial charge in [0.1, 0.15) is 11.3 Å². The molecule has 1 N–H and O–H groups in total. The predicted octanol–water partition coefficient (Wildman–Crippen LogP) is 3.71. The summed E-state index contributed by atoms with van der Waals surface area (Å²) in [6, 6.07) is 16.2. The molecule has 0 aliphatic carbocycles. The van der Waals surface area contributed by atoms with E-state index in [-0.39, 0.29) is 23.2 Å². The number of para-hydroxylation sites is 1. The fourth-order valence-electron chi connectivity index (χ4n) is 4.71. The van der Waals surface area contributed by atoms with Crippen LogP contribution < -0.4 is 10.9 Å².